The van der Waals surface area contributed by atoms with Crippen LogP contribution in [0.15, 0.2) is 24.5 Å². The van der Waals surface area contributed by atoms with Gasteiger partial charge in [0.1, 0.15) is 11.6 Å². The van der Waals surface area contributed by atoms with Crippen molar-refractivity contribution in [2.45, 2.75) is 26.2 Å². The van der Waals surface area contributed by atoms with E-state index in [0.29, 0.717) is 23.4 Å². The van der Waals surface area contributed by atoms with E-state index in [4.69, 9.17) is 0 Å². The molecule has 102 valence electrons. The highest BCUT2D eigenvalue weighted by molar-refractivity contribution is 5.14. The van der Waals surface area contributed by atoms with Crippen LogP contribution in [0.1, 0.15) is 25.5 Å². The van der Waals surface area contributed by atoms with Crippen molar-refractivity contribution in [3.05, 3.63) is 41.9 Å². The molecule has 2 nitrogen and oxygen atoms in total. The lowest BCUT2D eigenvalue weighted by atomic mass is 9.56. The number of hydrogen-bond acceptors (Lipinski definition) is 2. The van der Waals surface area contributed by atoms with Crippen LogP contribution in [-0.2, 0) is 6.42 Å². The van der Waals surface area contributed by atoms with Gasteiger partial charge >= 0.3 is 0 Å². The Hall–Kier alpha value is -1.45. The molecule has 0 aromatic carbocycles. The third-order valence-electron chi connectivity index (χ3n) is 4.40. The predicted octanol–water partition coefficient (Wildman–Crippen LogP) is 3.15. The van der Waals surface area contributed by atoms with Gasteiger partial charge in [0.15, 0.2) is 0 Å². The first kappa shape index (κ1) is 12.6. The molecule has 1 aromatic rings. The molecule has 2 aliphatic rings. The van der Waals surface area contributed by atoms with Crippen molar-refractivity contribution in [3.8, 4) is 0 Å². The first-order valence-electron chi connectivity index (χ1n) is 6.68. The summed E-state index contributed by atoms with van der Waals surface area (Å²) in [5.74, 6) is -0.639. The maximum absolute atomic E-state index is 13.5. The van der Waals surface area contributed by atoms with Gasteiger partial charge in [-0.15, -0.1) is 0 Å². The Morgan fingerprint density at radius 2 is 2.16 bits per heavy atom. The van der Waals surface area contributed by atoms with Crippen molar-refractivity contribution in [3.63, 3.8) is 0 Å². The van der Waals surface area contributed by atoms with E-state index in [1.807, 2.05) is 6.92 Å². The number of hydrogen-bond donors (Lipinski definition) is 0. The second-order valence-corrected chi connectivity index (χ2v) is 6.15. The van der Waals surface area contributed by atoms with Gasteiger partial charge in [-0.05, 0) is 32.1 Å². The van der Waals surface area contributed by atoms with Crippen LogP contribution in [0.25, 0.3) is 0 Å². The fourth-order valence-electron chi connectivity index (χ4n) is 3.47. The van der Waals surface area contributed by atoms with Crippen molar-refractivity contribution < 1.29 is 8.78 Å². The second kappa shape index (κ2) is 4.29. The molecule has 4 heteroatoms. The third kappa shape index (κ3) is 2.24. The van der Waals surface area contributed by atoms with Crippen LogP contribution in [0, 0.1) is 23.0 Å². The van der Waals surface area contributed by atoms with Crippen molar-refractivity contribution >= 4 is 0 Å². The third-order valence-corrected chi connectivity index (χ3v) is 4.40. The lowest BCUT2D eigenvalue weighted by Crippen LogP contribution is -2.61. The van der Waals surface area contributed by atoms with E-state index in [-0.39, 0.29) is 0 Å². The molecule has 1 saturated heterocycles. The minimum atomic E-state index is -0.609. The minimum absolute atomic E-state index is 0.400. The molecular formula is C15H18F2N2. The van der Waals surface area contributed by atoms with Gasteiger partial charge in [-0.25, -0.2) is 8.78 Å². The molecule has 1 aliphatic carbocycles. The summed E-state index contributed by atoms with van der Waals surface area (Å²) in [6.07, 6.45) is 3.96. The lowest BCUT2D eigenvalue weighted by molar-refractivity contribution is -0.0768. The molecule has 3 rings (SSSR count). The summed E-state index contributed by atoms with van der Waals surface area (Å²) in [7, 11) is 0. The number of halogens is 2. The average molecular weight is 264 g/mol. The van der Waals surface area contributed by atoms with Gasteiger partial charge in [0.25, 0.3) is 0 Å². The van der Waals surface area contributed by atoms with Gasteiger partial charge in [0, 0.05) is 30.3 Å². The number of likely N-dealkylation sites (tertiary alicyclic amines) is 1. The number of pyridine rings is 1. The molecule has 2 fully saturated rings. The van der Waals surface area contributed by atoms with E-state index < -0.39 is 11.6 Å². The molecule has 1 saturated carbocycles. The van der Waals surface area contributed by atoms with E-state index in [2.05, 4.69) is 16.5 Å². The quantitative estimate of drug-likeness (QED) is 0.833. The Bertz CT molecular complexity index is 513. The SMILES string of the molecule is C=C(C)N1CC2(CC(Cc3ncc(F)cc3F)C2)C1. The summed E-state index contributed by atoms with van der Waals surface area (Å²) in [6.45, 7) is 8.13. The Morgan fingerprint density at radius 1 is 1.47 bits per heavy atom. The van der Waals surface area contributed by atoms with Crippen LogP contribution in [0.2, 0.25) is 0 Å². The van der Waals surface area contributed by atoms with Gasteiger partial charge in [-0.2, -0.15) is 0 Å². The normalized spacial score (nSPS) is 21.1. The Morgan fingerprint density at radius 3 is 2.74 bits per heavy atom. The Labute approximate surface area is 112 Å². The lowest BCUT2D eigenvalue weighted by Gasteiger charge is -2.60. The number of rotatable bonds is 3. The fourth-order valence-corrected chi connectivity index (χ4v) is 3.47. The highest BCUT2D eigenvalue weighted by Crippen LogP contribution is 2.53. The zero-order valence-corrected chi connectivity index (χ0v) is 11.1. The van der Waals surface area contributed by atoms with Crippen LogP contribution in [-0.4, -0.2) is 23.0 Å². The molecule has 0 unspecified atom stereocenters. The van der Waals surface area contributed by atoms with Crippen molar-refractivity contribution in [1.82, 2.24) is 9.88 Å². The maximum Gasteiger partial charge on any atom is 0.147 e. The van der Waals surface area contributed by atoms with Gasteiger partial charge in [-0.1, -0.05) is 6.58 Å². The molecule has 0 bridgehead atoms. The van der Waals surface area contributed by atoms with Crippen LogP contribution in [0.5, 0.6) is 0 Å². The molecule has 1 aromatic heterocycles. The molecule has 0 radical (unpaired) electrons. The monoisotopic (exact) mass is 264 g/mol. The summed E-state index contributed by atoms with van der Waals surface area (Å²) in [5, 5.41) is 0. The van der Waals surface area contributed by atoms with Crippen molar-refractivity contribution in [2.24, 2.45) is 11.3 Å². The highest BCUT2D eigenvalue weighted by Gasteiger charge is 2.51. The summed E-state index contributed by atoms with van der Waals surface area (Å²) >= 11 is 0. The Kier molecular flexibility index (Phi) is 2.84. The summed E-state index contributed by atoms with van der Waals surface area (Å²) in [5.41, 5.74) is 1.96. The first-order chi connectivity index (χ1) is 8.97. The standard InChI is InChI=1S/C15H18F2N2/c1-10(2)19-8-15(9-19)5-11(6-15)3-14-13(17)4-12(16)7-18-14/h4,7,11H,1,3,5-6,8-9H2,2H3. The van der Waals surface area contributed by atoms with Crippen molar-refractivity contribution in [2.75, 3.05) is 13.1 Å². The number of allylic oxidation sites excluding steroid dienone is 1. The summed E-state index contributed by atoms with van der Waals surface area (Å²) in [6, 6.07) is 0.920. The molecule has 2 heterocycles. The molecule has 19 heavy (non-hydrogen) atoms. The van der Waals surface area contributed by atoms with Crippen LogP contribution >= 0.6 is 0 Å². The topological polar surface area (TPSA) is 16.1 Å². The molecule has 0 amide bonds. The molecule has 0 N–H and O–H groups in total. The molecule has 1 spiro atoms. The average Bonchev–Trinajstić information content (AvgIpc) is 2.21. The zero-order chi connectivity index (χ0) is 13.6. The first-order valence-corrected chi connectivity index (χ1v) is 6.68. The van der Waals surface area contributed by atoms with E-state index in [9.17, 15) is 8.78 Å². The maximum atomic E-state index is 13.5. The Balaban J connectivity index is 1.54. The summed E-state index contributed by atoms with van der Waals surface area (Å²) in [4.78, 5) is 6.14. The van der Waals surface area contributed by atoms with E-state index in [1.165, 1.54) is 0 Å². The largest absolute Gasteiger partial charge is 0.374 e. The molecular weight excluding hydrogens is 246 g/mol. The predicted molar refractivity (Wildman–Crippen MR) is 69.4 cm³/mol. The van der Waals surface area contributed by atoms with Gasteiger partial charge in [-0.3, -0.25) is 4.98 Å². The number of aromatic nitrogens is 1. The van der Waals surface area contributed by atoms with E-state index >= 15 is 0 Å². The number of nitrogens with zero attached hydrogens (tertiary/aromatic N) is 2. The van der Waals surface area contributed by atoms with Gasteiger partial charge in [0.2, 0.25) is 0 Å². The summed E-state index contributed by atoms with van der Waals surface area (Å²) < 4.78 is 26.3. The van der Waals surface area contributed by atoms with Crippen LogP contribution in [0.3, 0.4) is 0 Å². The minimum Gasteiger partial charge on any atom is -0.374 e. The van der Waals surface area contributed by atoms with Crippen LogP contribution < -0.4 is 0 Å². The molecule has 1 aliphatic heterocycles. The molecule has 0 atom stereocenters. The fraction of sp³-hybridized carbons (Fsp3) is 0.533. The van der Waals surface area contributed by atoms with E-state index in [1.54, 1.807) is 0 Å². The van der Waals surface area contributed by atoms with Crippen LogP contribution in [0.4, 0.5) is 8.78 Å². The van der Waals surface area contributed by atoms with E-state index in [0.717, 1.165) is 43.9 Å². The highest BCUT2D eigenvalue weighted by atomic mass is 19.1. The van der Waals surface area contributed by atoms with Gasteiger partial charge < -0.3 is 4.90 Å². The zero-order valence-electron chi connectivity index (χ0n) is 11.1. The second-order valence-electron chi connectivity index (χ2n) is 6.15. The van der Waals surface area contributed by atoms with Gasteiger partial charge in [0.05, 0.1) is 11.9 Å². The smallest absolute Gasteiger partial charge is 0.147 e. The van der Waals surface area contributed by atoms with Crippen molar-refractivity contribution in [1.29, 1.82) is 0 Å².